The average molecular weight is 337 g/mol. The van der Waals surface area contributed by atoms with Crippen molar-refractivity contribution in [2.24, 2.45) is 0 Å². The van der Waals surface area contributed by atoms with Crippen molar-refractivity contribution in [1.82, 2.24) is 14.6 Å². The van der Waals surface area contributed by atoms with Gasteiger partial charge in [0, 0.05) is 30.7 Å². The molecule has 1 aliphatic carbocycles. The summed E-state index contributed by atoms with van der Waals surface area (Å²) in [5, 5.41) is 4.08. The minimum atomic E-state index is -3.42. The predicted octanol–water partition coefficient (Wildman–Crippen LogP) is 1.53. The Hall–Kier alpha value is -1.51. The van der Waals surface area contributed by atoms with E-state index in [1.165, 1.54) is 0 Å². The molecule has 124 valence electrons. The Labute approximate surface area is 134 Å². The molecular formula is C15H19N3O4S. The van der Waals surface area contributed by atoms with Crippen molar-refractivity contribution in [2.45, 2.75) is 42.5 Å². The van der Waals surface area contributed by atoms with Crippen LogP contribution in [0.25, 0.3) is 5.52 Å². The van der Waals surface area contributed by atoms with Crippen molar-refractivity contribution < 1.29 is 17.9 Å². The van der Waals surface area contributed by atoms with Gasteiger partial charge in [0.2, 0.25) is 9.84 Å². The van der Waals surface area contributed by atoms with Crippen LogP contribution in [-0.4, -0.2) is 48.3 Å². The van der Waals surface area contributed by atoms with Gasteiger partial charge in [-0.25, -0.2) is 17.9 Å². The first kappa shape index (κ1) is 15.0. The fourth-order valence-corrected chi connectivity index (χ4v) is 4.00. The maximum Gasteiger partial charge on any atom is 0.265 e. The first-order chi connectivity index (χ1) is 11.0. The SMILES string of the molecule is CS(=O)(=O)c1ncc2ccc(C3CCC4(CC3)OCCO4)n2n1. The van der Waals surface area contributed by atoms with Crippen LogP contribution in [0.3, 0.4) is 0 Å². The Morgan fingerprint density at radius 1 is 1.22 bits per heavy atom. The second-order valence-electron chi connectivity index (χ2n) is 6.29. The average Bonchev–Trinajstić information content (AvgIpc) is 3.14. The molecule has 23 heavy (non-hydrogen) atoms. The molecule has 2 aromatic rings. The fourth-order valence-electron chi connectivity index (χ4n) is 3.52. The van der Waals surface area contributed by atoms with E-state index in [0.717, 1.165) is 43.1 Å². The van der Waals surface area contributed by atoms with Crippen LogP contribution in [0.15, 0.2) is 23.5 Å². The molecule has 1 saturated heterocycles. The van der Waals surface area contributed by atoms with E-state index < -0.39 is 15.6 Å². The molecule has 2 aliphatic rings. The highest BCUT2D eigenvalue weighted by Gasteiger charge is 2.41. The van der Waals surface area contributed by atoms with Gasteiger partial charge in [0.05, 0.1) is 24.9 Å². The van der Waals surface area contributed by atoms with Crippen LogP contribution in [0.5, 0.6) is 0 Å². The molecule has 0 N–H and O–H groups in total. The van der Waals surface area contributed by atoms with Gasteiger partial charge in [-0.1, -0.05) is 0 Å². The third-order valence-electron chi connectivity index (χ3n) is 4.72. The topological polar surface area (TPSA) is 82.8 Å². The van der Waals surface area contributed by atoms with E-state index in [0.29, 0.717) is 19.1 Å². The van der Waals surface area contributed by atoms with Gasteiger partial charge in [0.25, 0.3) is 5.16 Å². The minimum Gasteiger partial charge on any atom is -0.348 e. The van der Waals surface area contributed by atoms with Crippen LogP contribution >= 0.6 is 0 Å². The van der Waals surface area contributed by atoms with Crippen LogP contribution in [0, 0.1) is 0 Å². The molecule has 1 saturated carbocycles. The van der Waals surface area contributed by atoms with Gasteiger partial charge >= 0.3 is 0 Å². The molecule has 8 heteroatoms. The zero-order chi connectivity index (χ0) is 16.1. The smallest absolute Gasteiger partial charge is 0.265 e. The standard InChI is InChI=1S/C15H19N3O4S/c1-23(19,20)14-16-10-12-2-3-13(18(12)17-14)11-4-6-15(7-5-11)21-8-9-22-15/h2-3,10-11H,4-9H2,1H3. The van der Waals surface area contributed by atoms with Gasteiger partial charge in [-0.05, 0) is 25.0 Å². The molecule has 0 atom stereocenters. The van der Waals surface area contributed by atoms with E-state index in [1.54, 1.807) is 10.7 Å². The Morgan fingerprint density at radius 2 is 1.91 bits per heavy atom. The van der Waals surface area contributed by atoms with Gasteiger partial charge in [0.1, 0.15) is 0 Å². The molecule has 1 aliphatic heterocycles. The number of sulfone groups is 1. The van der Waals surface area contributed by atoms with E-state index in [4.69, 9.17) is 9.47 Å². The van der Waals surface area contributed by atoms with Crippen LogP contribution < -0.4 is 0 Å². The molecule has 4 rings (SSSR count). The summed E-state index contributed by atoms with van der Waals surface area (Å²) in [5.41, 5.74) is 1.83. The van der Waals surface area contributed by atoms with E-state index in [9.17, 15) is 8.42 Å². The first-order valence-corrected chi connectivity index (χ1v) is 9.69. The molecule has 0 amide bonds. The van der Waals surface area contributed by atoms with Crippen molar-refractivity contribution >= 4 is 15.4 Å². The lowest BCUT2D eigenvalue weighted by atomic mass is 9.83. The van der Waals surface area contributed by atoms with Crippen LogP contribution in [0.1, 0.15) is 37.3 Å². The van der Waals surface area contributed by atoms with Gasteiger partial charge in [-0.15, -0.1) is 5.10 Å². The molecule has 2 fully saturated rings. The fraction of sp³-hybridized carbons (Fsp3) is 0.600. The third kappa shape index (κ3) is 2.64. The second kappa shape index (κ2) is 5.25. The van der Waals surface area contributed by atoms with Crippen molar-refractivity contribution in [3.63, 3.8) is 0 Å². The van der Waals surface area contributed by atoms with Crippen molar-refractivity contribution in [1.29, 1.82) is 0 Å². The molecule has 3 heterocycles. The number of ether oxygens (including phenoxy) is 2. The van der Waals surface area contributed by atoms with Gasteiger partial charge in [0.15, 0.2) is 5.79 Å². The summed E-state index contributed by atoms with van der Waals surface area (Å²) in [5.74, 6) is -0.0746. The van der Waals surface area contributed by atoms with Crippen LogP contribution in [-0.2, 0) is 19.3 Å². The Morgan fingerprint density at radius 3 is 2.57 bits per heavy atom. The monoisotopic (exact) mass is 337 g/mol. The third-order valence-corrected chi connectivity index (χ3v) is 5.57. The van der Waals surface area contributed by atoms with Crippen molar-refractivity contribution in [3.05, 3.63) is 24.0 Å². The summed E-state index contributed by atoms with van der Waals surface area (Å²) in [6, 6.07) is 3.93. The molecule has 0 bridgehead atoms. The van der Waals surface area contributed by atoms with Gasteiger partial charge in [-0.2, -0.15) is 0 Å². The number of aromatic nitrogens is 3. The summed E-state index contributed by atoms with van der Waals surface area (Å²) in [4.78, 5) is 3.93. The number of hydrogen-bond acceptors (Lipinski definition) is 6. The summed E-state index contributed by atoms with van der Waals surface area (Å²) in [6.45, 7) is 1.34. The molecule has 2 aromatic heterocycles. The summed E-state index contributed by atoms with van der Waals surface area (Å²) in [7, 11) is -3.42. The minimum absolute atomic E-state index is 0.141. The molecule has 0 aromatic carbocycles. The highest BCUT2D eigenvalue weighted by Crippen LogP contribution is 2.42. The number of fused-ring (bicyclic) bond motifs is 1. The summed E-state index contributed by atoms with van der Waals surface area (Å²) < 4.78 is 36.6. The Kier molecular flexibility index (Phi) is 3.44. The van der Waals surface area contributed by atoms with Gasteiger partial charge < -0.3 is 9.47 Å². The van der Waals surface area contributed by atoms with E-state index in [1.807, 2.05) is 12.1 Å². The summed E-state index contributed by atoms with van der Waals surface area (Å²) >= 11 is 0. The summed E-state index contributed by atoms with van der Waals surface area (Å²) in [6.07, 6.45) is 6.26. The maximum absolute atomic E-state index is 11.7. The molecule has 1 spiro atoms. The number of rotatable bonds is 2. The Balaban J connectivity index is 1.64. The van der Waals surface area contributed by atoms with Crippen molar-refractivity contribution in [3.8, 4) is 0 Å². The van der Waals surface area contributed by atoms with Crippen LogP contribution in [0.4, 0.5) is 0 Å². The van der Waals surface area contributed by atoms with Gasteiger partial charge in [-0.3, -0.25) is 0 Å². The highest BCUT2D eigenvalue weighted by molar-refractivity contribution is 7.90. The predicted molar refractivity (Wildman–Crippen MR) is 81.9 cm³/mol. The normalized spacial score (nSPS) is 22.1. The largest absolute Gasteiger partial charge is 0.348 e. The Bertz CT molecular complexity index is 830. The molecule has 0 unspecified atom stereocenters. The maximum atomic E-state index is 11.7. The number of hydrogen-bond donors (Lipinski definition) is 0. The number of nitrogens with zero attached hydrogens (tertiary/aromatic N) is 3. The zero-order valence-corrected chi connectivity index (χ0v) is 13.8. The lowest BCUT2D eigenvalue weighted by Gasteiger charge is -2.35. The first-order valence-electron chi connectivity index (χ1n) is 7.80. The van der Waals surface area contributed by atoms with E-state index in [2.05, 4.69) is 10.1 Å². The zero-order valence-electron chi connectivity index (χ0n) is 12.9. The van der Waals surface area contributed by atoms with Crippen LogP contribution in [0.2, 0.25) is 0 Å². The van der Waals surface area contributed by atoms with E-state index in [-0.39, 0.29) is 5.16 Å². The molecule has 0 radical (unpaired) electrons. The molecular weight excluding hydrogens is 318 g/mol. The van der Waals surface area contributed by atoms with E-state index >= 15 is 0 Å². The molecule has 7 nitrogen and oxygen atoms in total. The lowest BCUT2D eigenvalue weighted by molar-refractivity contribution is -0.179. The highest BCUT2D eigenvalue weighted by atomic mass is 32.2. The lowest BCUT2D eigenvalue weighted by Crippen LogP contribution is -2.34. The second-order valence-corrected chi connectivity index (χ2v) is 8.20. The van der Waals surface area contributed by atoms with Crippen molar-refractivity contribution in [2.75, 3.05) is 19.5 Å². The quantitative estimate of drug-likeness (QED) is 0.826.